The Hall–Kier alpha value is -3.12. The number of benzene rings is 1. The van der Waals surface area contributed by atoms with E-state index in [2.05, 4.69) is 20.3 Å². The summed E-state index contributed by atoms with van der Waals surface area (Å²) in [5, 5.41) is 3.16. The number of amides is 1. The molecule has 0 bridgehead atoms. The fourth-order valence-electron chi connectivity index (χ4n) is 2.33. The van der Waals surface area contributed by atoms with Crippen molar-refractivity contribution in [3.63, 3.8) is 0 Å². The lowest BCUT2D eigenvalue weighted by Gasteiger charge is -2.04. The molecule has 0 aliphatic rings. The number of aromatic amines is 1. The van der Waals surface area contributed by atoms with Crippen LogP contribution in [0.15, 0.2) is 59.3 Å². The number of hydrogen-bond acceptors (Lipinski definition) is 4. The van der Waals surface area contributed by atoms with Gasteiger partial charge in [0.15, 0.2) is 11.6 Å². The van der Waals surface area contributed by atoms with E-state index in [1.165, 1.54) is 6.20 Å². The van der Waals surface area contributed by atoms with Crippen LogP contribution >= 0.6 is 11.6 Å². The van der Waals surface area contributed by atoms with Gasteiger partial charge in [0.05, 0.1) is 22.9 Å². The van der Waals surface area contributed by atoms with Gasteiger partial charge in [-0.1, -0.05) is 11.6 Å². The van der Waals surface area contributed by atoms with Crippen molar-refractivity contribution in [2.45, 2.75) is 0 Å². The van der Waals surface area contributed by atoms with Crippen LogP contribution in [0.1, 0.15) is 10.4 Å². The van der Waals surface area contributed by atoms with Gasteiger partial charge in [-0.2, -0.15) is 0 Å². The number of H-pyrrole nitrogens is 1. The second-order valence-corrected chi connectivity index (χ2v) is 5.51. The Balaban J connectivity index is 1.60. The van der Waals surface area contributed by atoms with Crippen molar-refractivity contribution >= 4 is 34.2 Å². The van der Waals surface area contributed by atoms with Crippen LogP contribution in [0.2, 0.25) is 5.15 Å². The van der Waals surface area contributed by atoms with E-state index < -0.39 is 0 Å². The molecule has 118 valence electrons. The summed E-state index contributed by atoms with van der Waals surface area (Å²) in [6.07, 6.45) is 3.02. The highest BCUT2D eigenvalue weighted by Crippen LogP contribution is 2.23. The average Bonchev–Trinajstić information content (AvgIpc) is 3.24. The summed E-state index contributed by atoms with van der Waals surface area (Å²) in [7, 11) is 0. The van der Waals surface area contributed by atoms with Gasteiger partial charge in [0.1, 0.15) is 5.15 Å². The predicted molar refractivity (Wildman–Crippen MR) is 91.0 cm³/mol. The van der Waals surface area contributed by atoms with Gasteiger partial charge in [0.25, 0.3) is 5.91 Å². The third-order valence-electron chi connectivity index (χ3n) is 3.48. The monoisotopic (exact) mass is 338 g/mol. The fraction of sp³-hybridized carbons (Fsp3) is 0. The van der Waals surface area contributed by atoms with Gasteiger partial charge in [-0.3, -0.25) is 4.79 Å². The lowest BCUT2D eigenvalue weighted by molar-refractivity contribution is 0.102. The van der Waals surface area contributed by atoms with Crippen LogP contribution in [0.4, 0.5) is 5.69 Å². The number of nitrogens with zero attached hydrogens (tertiary/aromatic N) is 2. The van der Waals surface area contributed by atoms with E-state index in [-0.39, 0.29) is 5.91 Å². The summed E-state index contributed by atoms with van der Waals surface area (Å²) in [6.45, 7) is 0. The van der Waals surface area contributed by atoms with Crippen molar-refractivity contribution in [2.24, 2.45) is 0 Å². The molecule has 3 heterocycles. The first-order valence-corrected chi connectivity index (χ1v) is 7.53. The molecule has 0 radical (unpaired) electrons. The van der Waals surface area contributed by atoms with Crippen LogP contribution in [0.5, 0.6) is 0 Å². The number of carbonyl (C=O) groups is 1. The van der Waals surface area contributed by atoms with E-state index in [1.54, 1.807) is 30.5 Å². The predicted octanol–water partition coefficient (Wildman–Crippen LogP) is 4.12. The molecule has 4 aromatic rings. The highest BCUT2D eigenvalue weighted by Gasteiger charge is 2.10. The van der Waals surface area contributed by atoms with Gasteiger partial charge in [-0.25, -0.2) is 9.97 Å². The van der Waals surface area contributed by atoms with E-state index in [9.17, 15) is 4.79 Å². The molecule has 0 spiro atoms. The van der Waals surface area contributed by atoms with Crippen molar-refractivity contribution in [3.05, 3.63) is 65.6 Å². The number of aromatic nitrogens is 3. The lowest BCUT2D eigenvalue weighted by atomic mass is 10.2. The molecule has 4 rings (SSSR count). The zero-order valence-electron chi connectivity index (χ0n) is 12.3. The highest BCUT2D eigenvalue weighted by molar-refractivity contribution is 6.29. The summed E-state index contributed by atoms with van der Waals surface area (Å²) in [5.41, 5.74) is 2.67. The molecule has 0 aliphatic heterocycles. The van der Waals surface area contributed by atoms with Gasteiger partial charge in [0, 0.05) is 11.9 Å². The Labute approximate surface area is 141 Å². The van der Waals surface area contributed by atoms with E-state index >= 15 is 0 Å². The number of carbonyl (C=O) groups excluding carboxylic acids is 1. The molecular formula is C17H11ClN4O2. The van der Waals surface area contributed by atoms with Crippen molar-refractivity contribution in [2.75, 3.05) is 5.32 Å². The number of furan rings is 1. The Morgan fingerprint density at radius 1 is 1.21 bits per heavy atom. The molecule has 2 N–H and O–H groups in total. The summed E-state index contributed by atoms with van der Waals surface area (Å²) in [4.78, 5) is 23.7. The Bertz CT molecular complexity index is 1010. The van der Waals surface area contributed by atoms with Crippen molar-refractivity contribution < 1.29 is 9.21 Å². The van der Waals surface area contributed by atoms with Gasteiger partial charge in [0.2, 0.25) is 0 Å². The molecule has 3 aromatic heterocycles. The standard InChI is InChI=1S/C17H11ClN4O2/c18-15-6-3-10(9-19-15)17(23)20-11-4-5-12-13(8-11)22-16(21-12)14-2-1-7-24-14/h1-9H,(H,20,23)(H,21,22). The number of rotatable bonds is 3. The molecule has 0 saturated heterocycles. The number of halogens is 1. The molecule has 0 unspecified atom stereocenters. The molecule has 24 heavy (non-hydrogen) atoms. The molecule has 6 nitrogen and oxygen atoms in total. The Kier molecular flexibility index (Phi) is 3.51. The maximum Gasteiger partial charge on any atom is 0.257 e. The number of nitrogens with one attached hydrogen (secondary N) is 2. The number of fused-ring (bicyclic) bond motifs is 1. The molecule has 1 aromatic carbocycles. The maximum atomic E-state index is 12.2. The second kappa shape index (κ2) is 5.82. The first-order valence-electron chi connectivity index (χ1n) is 7.15. The number of hydrogen-bond donors (Lipinski definition) is 2. The normalized spacial score (nSPS) is 10.9. The average molecular weight is 339 g/mol. The SMILES string of the molecule is O=C(Nc1ccc2nc(-c3ccco3)[nH]c2c1)c1ccc(Cl)nc1. The topological polar surface area (TPSA) is 83.8 Å². The van der Waals surface area contributed by atoms with Crippen LogP contribution in [-0.4, -0.2) is 20.9 Å². The quantitative estimate of drug-likeness (QED) is 0.550. The zero-order valence-corrected chi connectivity index (χ0v) is 13.0. The lowest BCUT2D eigenvalue weighted by Crippen LogP contribution is -2.11. The number of anilines is 1. The summed E-state index contributed by atoms with van der Waals surface area (Å²) in [5.74, 6) is 1.04. The van der Waals surface area contributed by atoms with Gasteiger partial charge in [-0.05, 0) is 42.5 Å². The molecular weight excluding hydrogens is 328 g/mol. The van der Waals surface area contributed by atoms with Crippen molar-refractivity contribution in [1.29, 1.82) is 0 Å². The van der Waals surface area contributed by atoms with E-state index in [0.29, 0.717) is 28.0 Å². The second-order valence-electron chi connectivity index (χ2n) is 5.12. The summed E-state index contributed by atoms with van der Waals surface area (Å²) >= 11 is 5.72. The van der Waals surface area contributed by atoms with Gasteiger partial charge in [-0.15, -0.1) is 0 Å². The van der Waals surface area contributed by atoms with Crippen LogP contribution in [0.3, 0.4) is 0 Å². The zero-order chi connectivity index (χ0) is 16.5. The summed E-state index contributed by atoms with van der Waals surface area (Å²) in [6, 6.07) is 12.3. The maximum absolute atomic E-state index is 12.2. The van der Waals surface area contributed by atoms with Gasteiger partial charge >= 0.3 is 0 Å². The minimum atomic E-state index is -0.260. The first-order chi connectivity index (χ1) is 11.7. The largest absolute Gasteiger partial charge is 0.461 e. The minimum absolute atomic E-state index is 0.260. The molecule has 0 fully saturated rings. The molecule has 0 saturated carbocycles. The molecule has 0 atom stereocenters. The van der Waals surface area contributed by atoms with E-state index in [4.69, 9.17) is 16.0 Å². The van der Waals surface area contributed by atoms with E-state index in [0.717, 1.165) is 11.0 Å². The van der Waals surface area contributed by atoms with Crippen LogP contribution in [0, 0.1) is 0 Å². The molecule has 0 aliphatic carbocycles. The first kappa shape index (κ1) is 14.5. The third kappa shape index (κ3) is 2.75. The van der Waals surface area contributed by atoms with E-state index in [1.807, 2.05) is 18.2 Å². The van der Waals surface area contributed by atoms with Gasteiger partial charge < -0.3 is 14.7 Å². The summed E-state index contributed by atoms with van der Waals surface area (Å²) < 4.78 is 5.33. The third-order valence-corrected chi connectivity index (χ3v) is 3.71. The Morgan fingerprint density at radius 3 is 2.88 bits per heavy atom. The van der Waals surface area contributed by atoms with Crippen molar-refractivity contribution in [3.8, 4) is 11.6 Å². The fourth-order valence-corrected chi connectivity index (χ4v) is 2.44. The van der Waals surface area contributed by atoms with Crippen LogP contribution in [-0.2, 0) is 0 Å². The number of pyridine rings is 1. The van der Waals surface area contributed by atoms with Crippen LogP contribution < -0.4 is 5.32 Å². The molecule has 1 amide bonds. The van der Waals surface area contributed by atoms with Crippen molar-refractivity contribution in [1.82, 2.24) is 15.0 Å². The smallest absolute Gasteiger partial charge is 0.257 e. The Morgan fingerprint density at radius 2 is 2.12 bits per heavy atom. The van der Waals surface area contributed by atoms with Crippen LogP contribution in [0.25, 0.3) is 22.6 Å². The highest BCUT2D eigenvalue weighted by atomic mass is 35.5. The minimum Gasteiger partial charge on any atom is -0.461 e. The number of imidazole rings is 1. The molecule has 7 heteroatoms.